The molecule has 0 saturated carbocycles. The molecule has 5 nitrogen and oxygen atoms in total. The second kappa shape index (κ2) is 7.53. The Balaban J connectivity index is 1.96. The van der Waals surface area contributed by atoms with Crippen molar-refractivity contribution in [1.82, 2.24) is 9.97 Å². The zero-order valence-electron chi connectivity index (χ0n) is 14.4. The third-order valence-electron chi connectivity index (χ3n) is 3.82. The van der Waals surface area contributed by atoms with Crippen LogP contribution in [-0.2, 0) is 13.0 Å². The van der Waals surface area contributed by atoms with E-state index < -0.39 is 0 Å². The van der Waals surface area contributed by atoms with Crippen molar-refractivity contribution >= 4 is 33.9 Å². The van der Waals surface area contributed by atoms with E-state index in [1.165, 1.54) is 5.56 Å². The number of ether oxygens (including phenoxy) is 1. The third-order valence-corrected chi connectivity index (χ3v) is 3.92. The molecule has 2 heterocycles. The van der Waals surface area contributed by atoms with E-state index in [9.17, 15) is 0 Å². The highest BCUT2D eigenvalue weighted by Gasteiger charge is 2.13. The molecule has 0 fully saturated rings. The maximum Gasteiger partial charge on any atom is 0.168 e. The summed E-state index contributed by atoms with van der Waals surface area (Å²) in [4.78, 5) is 7.56. The van der Waals surface area contributed by atoms with Crippen molar-refractivity contribution in [3.05, 3.63) is 54.0 Å². The smallest absolute Gasteiger partial charge is 0.168 e. The van der Waals surface area contributed by atoms with Crippen LogP contribution in [0.5, 0.6) is 5.75 Å². The number of anilines is 1. The standard InChI is InChI=1S/C19H22N4OS/c1-12(2)7-13-8-15-16(23-19(20)25)10-22-18(15)17(9-13)24-11-14-5-3-4-6-21-14/h3-6,8-10,12,22H,7,11H2,1-2H3,(H3,20,23,25). The van der Waals surface area contributed by atoms with Crippen molar-refractivity contribution in [3.8, 4) is 5.75 Å². The first-order valence-electron chi connectivity index (χ1n) is 8.26. The molecule has 0 amide bonds. The van der Waals surface area contributed by atoms with Gasteiger partial charge in [0.15, 0.2) is 5.11 Å². The molecule has 3 rings (SSSR count). The molecule has 0 aliphatic rings. The number of benzene rings is 1. The molecule has 6 heteroatoms. The third kappa shape index (κ3) is 4.28. The van der Waals surface area contributed by atoms with E-state index in [-0.39, 0.29) is 5.11 Å². The second-order valence-corrected chi connectivity index (χ2v) is 6.86. The number of aromatic nitrogens is 2. The lowest BCUT2D eigenvalue weighted by atomic mass is 10.0. The Morgan fingerprint density at radius 1 is 1.36 bits per heavy atom. The first-order chi connectivity index (χ1) is 12.0. The molecule has 3 aromatic rings. The molecule has 0 atom stereocenters. The van der Waals surface area contributed by atoms with Gasteiger partial charge in [0, 0.05) is 17.8 Å². The summed E-state index contributed by atoms with van der Waals surface area (Å²) in [6.45, 7) is 4.81. The Morgan fingerprint density at radius 2 is 2.20 bits per heavy atom. The Hall–Kier alpha value is -2.60. The van der Waals surface area contributed by atoms with Crippen LogP contribution in [0, 0.1) is 5.92 Å². The molecule has 0 saturated heterocycles. The van der Waals surface area contributed by atoms with Gasteiger partial charge in [0.2, 0.25) is 0 Å². The van der Waals surface area contributed by atoms with E-state index in [4.69, 9.17) is 22.7 Å². The number of H-pyrrole nitrogens is 1. The molecule has 0 aliphatic carbocycles. The summed E-state index contributed by atoms with van der Waals surface area (Å²) in [5.74, 6) is 1.35. The predicted molar refractivity (Wildman–Crippen MR) is 106 cm³/mol. The van der Waals surface area contributed by atoms with Gasteiger partial charge in [0.05, 0.1) is 16.9 Å². The van der Waals surface area contributed by atoms with Gasteiger partial charge in [-0.05, 0) is 54.4 Å². The van der Waals surface area contributed by atoms with E-state index in [0.29, 0.717) is 12.5 Å². The maximum absolute atomic E-state index is 6.06. The Bertz CT molecular complexity index is 874. The number of thiocarbonyl (C=S) groups is 1. The van der Waals surface area contributed by atoms with Gasteiger partial charge in [0.25, 0.3) is 0 Å². The minimum Gasteiger partial charge on any atom is -0.485 e. The molecule has 1 aromatic carbocycles. The summed E-state index contributed by atoms with van der Waals surface area (Å²) in [5, 5.41) is 4.28. The number of nitrogens with one attached hydrogen (secondary N) is 2. The highest BCUT2D eigenvalue weighted by molar-refractivity contribution is 7.80. The predicted octanol–water partition coefficient (Wildman–Crippen LogP) is 4.00. The van der Waals surface area contributed by atoms with E-state index in [1.807, 2.05) is 24.4 Å². The summed E-state index contributed by atoms with van der Waals surface area (Å²) >= 11 is 4.97. The zero-order chi connectivity index (χ0) is 17.8. The Morgan fingerprint density at radius 3 is 2.88 bits per heavy atom. The summed E-state index contributed by atoms with van der Waals surface area (Å²) in [5.41, 5.74) is 9.51. The highest BCUT2D eigenvalue weighted by Crippen LogP contribution is 2.33. The molecule has 25 heavy (non-hydrogen) atoms. The van der Waals surface area contributed by atoms with Crippen LogP contribution in [0.3, 0.4) is 0 Å². The average molecular weight is 354 g/mol. The fourth-order valence-electron chi connectivity index (χ4n) is 2.83. The van der Waals surface area contributed by atoms with Gasteiger partial charge < -0.3 is 20.8 Å². The van der Waals surface area contributed by atoms with Gasteiger partial charge in [-0.3, -0.25) is 4.98 Å². The summed E-state index contributed by atoms with van der Waals surface area (Å²) < 4.78 is 6.06. The Labute approximate surface area is 152 Å². The van der Waals surface area contributed by atoms with E-state index in [0.717, 1.165) is 34.5 Å². The van der Waals surface area contributed by atoms with Crippen molar-refractivity contribution in [2.45, 2.75) is 26.9 Å². The van der Waals surface area contributed by atoms with Crippen molar-refractivity contribution < 1.29 is 4.74 Å². The molecule has 0 aliphatic heterocycles. The lowest BCUT2D eigenvalue weighted by molar-refractivity contribution is 0.304. The molecule has 0 spiro atoms. The van der Waals surface area contributed by atoms with Gasteiger partial charge >= 0.3 is 0 Å². The molecule has 0 unspecified atom stereocenters. The van der Waals surface area contributed by atoms with Crippen LogP contribution in [0.4, 0.5) is 5.69 Å². The fraction of sp³-hybridized carbons (Fsp3) is 0.263. The maximum atomic E-state index is 6.06. The fourth-order valence-corrected chi connectivity index (χ4v) is 2.94. The molecular formula is C19H22N4OS. The highest BCUT2D eigenvalue weighted by atomic mass is 32.1. The topological polar surface area (TPSA) is 76.0 Å². The number of rotatable bonds is 6. The minimum absolute atomic E-state index is 0.242. The van der Waals surface area contributed by atoms with Crippen molar-refractivity contribution in [1.29, 1.82) is 0 Å². The van der Waals surface area contributed by atoms with Crippen LogP contribution in [0.1, 0.15) is 25.1 Å². The number of hydrogen-bond donors (Lipinski definition) is 3. The van der Waals surface area contributed by atoms with Crippen LogP contribution in [0.25, 0.3) is 10.9 Å². The van der Waals surface area contributed by atoms with E-state index in [1.54, 1.807) is 6.20 Å². The van der Waals surface area contributed by atoms with E-state index in [2.05, 4.69) is 41.3 Å². The zero-order valence-corrected chi connectivity index (χ0v) is 15.2. The quantitative estimate of drug-likeness (QED) is 0.584. The monoisotopic (exact) mass is 354 g/mol. The number of nitrogens with zero attached hydrogens (tertiary/aromatic N) is 1. The van der Waals surface area contributed by atoms with Crippen molar-refractivity contribution in [2.75, 3.05) is 5.32 Å². The van der Waals surface area contributed by atoms with E-state index >= 15 is 0 Å². The first-order valence-corrected chi connectivity index (χ1v) is 8.67. The molecule has 4 N–H and O–H groups in total. The Kier molecular flexibility index (Phi) is 5.19. The van der Waals surface area contributed by atoms with Crippen LogP contribution < -0.4 is 15.8 Å². The molecule has 0 radical (unpaired) electrons. The van der Waals surface area contributed by atoms with Crippen LogP contribution in [-0.4, -0.2) is 15.1 Å². The van der Waals surface area contributed by atoms with Gasteiger partial charge in [-0.25, -0.2) is 0 Å². The van der Waals surface area contributed by atoms with Crippen LogP contribution in [0.15, 0.2) is 42.7 Å². The van der Waals surface area contributed by atoms with Crippen LogP contribution >= 0.6 is 12.2 Å². The molecule has 130 valence electrons. The van der Waals surface area contributed by atoms with Crippen molar-refractivity contribution in [2.24, 2.45) is 11.7 Å². The largest absolute Gasteiger partial charge is 0.485 e. The van der Waals surface area contributed by atoms with Crippen molar-refractivity contribution in [3.63, 3.8) is 0 Å². The SMILES string of the molecule is CC(C)Cc1cc(OCc2ccccn2)c2[nH]cc(NC(N)=S)c2c1. The van der Waals surface area contributed by atoms with Gasteiger partial charge in [0.1, 0.15) is 12.4 Å². The molecular weight excluding hydrogens is 332 g/mol. The number of aromatic amines is 1. The normalized spacial score (nSPS) is 11.0. The van der Waals surface area contributed by atoms with Crippen LogP contribution in [0.2, 0.25) is 0 Å². The summed E-state index contributed by atoms with van der Waals surface area (Å²) in [6, 6.07) is 10.0. The average Bonchev–Trinajstić information content (AvgIpc) is 2.95. The first kappa shape index (κ1) is 17.2. The van der Waals surface area contributed by atoms with Gasteiger partial charge in [-0.2, -0.15) is 0 Å². The minimum atomic E-state index is 0.242. The summed E-state index contributed by atoms with van der Waals surface area (Å²) in [7, 11) is 0. The number of nitrogens with two attached hydrogens (primary N) is 1. The van der Waals surface area contributed by atoms with Gasteiger partial charge in [-0.15, -0.1) is 0 Å². The number of hydrogen-bond acceptors (Lipinski definition) is 3. The lowest BCUT2D eigenvalue weighted by Crippen LogP contribution is -2.18. The molecule has 0 bridgehead atoms. The lowest BCUT2D eigenvalue weighted by Gasteiger charge is -2.12. The van der Waals surface area contributed by atoms with Gasteiger partial charge in [-0.1, -0.05) is 19.9 Å². The number of pyridine rings is 1. The number of fused-ring (bicyclic) bond motifs is 1. The second-order valence-electron chi connectivity index (χ2n) is 6.42. The molecule has 2 aromatic heterocycles. The summed E-state index contributed by atoms with van der Waals surface area (Å²) in [6.07, 6.45) is 4.59.